The first kappa shape index (κ1) is 20.9. The van der Waals surface area contributed by atoms with Crippen LogP contribution in [-0.2, 0) is 4.79 Å². The molecule has 2 heterocycles. The van der Waals surface area contributed by atoms with Gasteiger partial charge in [-0.05, 0) is 32.0 Å². The number of nitrogen functional groups attached to an aromatic ring is 1. The molecule has 0 bridgehead atoms. The standard InChI is InChI=1S/C19H17Cl2FN4O3/c1-9(19(27)28)26-8-12(7-25-26)11-5-15(18(23)24-6-11)29-10(2)16-13(20)3-4-14(22)17(16)21/h3-10H,1-2H3,(H2,23,24)(H,27,28). The molecule has 1 aromatic carbocycles. The molecule has 29 heavy (non-hydrogen) atoms. The third-order valence-electron chi connectivity index (χ3n) is 4.36. The second-order valence-corrected chi connectivity index (χ2v) is 7.13. The second kappa shape index (κ2) is 8.26. The van der Waals surface area contributed by atoms with Crippen molar-refractivity contribution in [3.63, 3.8) is 0 Å². The Morgan fingerprint density at radius 2 is 2.00 bits per heavy atom. The largest absolute Gasteiger partial charge is 0.482 e. The number of nitrogens with zero attached hydrogens (tertiary/aromatic N) is 3. The smallest absolute Gasteiger partial charge is 0.328 e. The Bertz CT molecular complexity index is 1070. The Balaban J connectivity index is 1.91. The number of aliphatic carboxylic acids is 1. The molecule has 0 saturated carbocycles. The van der Waals surface area contributed by atoms with Gasteiger partial charge >= 0.3 is 5.97 Å². The number of carboxylic acids is 1. The fraction of sp³-hybridized carbons (Fsp3) is 0.211. The van der Waals surface area contributed by atoms with E-state index in [1.165, 1.54) is 36.1 Å². The zero-order valence-corrected chi connectivity index (χ0v) is 16.9. The third-order valence-corrected chi connectivity index (χ3v) is 5.07. The Kier molecular flexibility index (Phi) is 5.95. The quantitative estimate of drug-likeness (QED) is 0.537. The van der Waals surface area contributed by atoms with Gasteiger partial charge in [0.05, 0.1) is 11.2 Å². The normalized spacial score (nSPS) is 13.1. The monoisotopic (exact) mass is 438 g/mol. The Morgan fingerprint density at radius 1 is 1.28 bits per heavy atom. The molecule has 2 aromatic heterocycles. The van der Waals surface area contributed by atoms with Crippen LogP contribution in [0.15, 0.2) is 36.8 Å². The number of ether oxygens (including phenoxy) is 1. The van der Waals surface area contributed by atoms with E-state index in [0.29, 0.717) is 16.7 Å². The predicted octanol–water partition coefficient (Wildman–Crippen LogP) is 4.76. The van der Waals surface area contributed by atoms with Crippen LogP contribution in [0.1, 0.15) is 31.6 Å². The first-order valence-corrected chi connectivity index (χ1v) is 9.27. The van der Waals surface area contributed by atoms with Crippen LogP contribution >= 0.6 is 23.2 Å². The van der Waals surface area contributed by atoms with Crippen molar-refractivity contribution in [3.05, 3.63) is 58.2 Å². The highest BCUT2D eigenvalue weighted by Crippen LogP contribution is 2.36. The summed E-state index contributed by atoms with van der Waals surface area (Å²) in [5, 5.41) is 13.3. The molecule has 0 saturated heterocycles. The van der Waals surface area contributed by atoms with Crippen LogP contribution in [0.5, 0.6) is 5.75 Å². The van der Waals surface area contributed by atoms with Crippen LogP contribution in [-0.4, -0.2) is 25.8 Å². The van der Waals surface area contributed by atoms with Gasteiger partial charge in [0.2, 0.25) is 0 Å². The Labute approximate surface area is 175 Å². The Hall–Kier alpha value is -2.84. The summed E-state index contributed by atoms with van der Waals surface area (Å²) >= 11 is 12.2. The average Bonchev–Trinajstić information content (AvgIpc) is 3.16. The highest BCUT2D eigenvalue weighted by atomic mass is 35.5. The van der Waals surface area contributed by atoms with Crippen LogP contribution in [0.3, 0.4) is 0 Å². The highest BCUT2D eigenvalue weighted by Gasteiger charge is 2.20. The van der Waals surface area contributed by atoms with Crippen LogP contribution in [0, 0.1) is 5.82 Å². The average molecular weight is 439 g/mol. The van der Waals surface area contributed by atoms with E-state index in [1.807, 2.05) is 0 Å². The minimum absolute atomic E-state index is 0.121. The van der Waals surface area contributed by atoms with Gasteiger partial charge in [-0.15, -0.1) is 0 Å². The summed E-state index contributed by atoms with van der Waals surface area (Å²) in [7, 11) is 0. The molecule has 0 amide bonds. The number of halogens is 3. The summed E-state index contributed by atoms with van der Waals surface area (Å²) in [5.41, 5.74) is 7.45. The number of anilines is 1. The van der Waals surface area contributed by atoms with Crippen molar-refractivity contribution in [2.24, 2.45) is 0 Å². The van der Waals surface area contributed by atoms with Crippen molar-refractivity contribution < 1.29 is 19.0 Å². The number of rotatable bonds is 6. The maximum absolute atomic E-state index is 13.8. The number of nitrogens with two attached hydrogens (primary N) is 1. The molecule has 0 radical (unpaired) electrons. The molecule has 10 heteroatoms. The van der Waals surface area contributed by atoms with Gasteiger partial charge in [0.25, 0.3) is 0 Å². The highest BCUT2D eigenvalue weighted by molar-refractivity contribution is 6.36. The molecule has 0 aliphatic heterocycles. The van der Waals surface area contributed by atoms with Gasteiger partial charge in [0, 0.05) is 34.1 Å². The first-order chi connectivity index (χ1) is 13.7. The number of hydrogen-bond acceptors (Lipinski definition) is 5. The van der Waals surface area contributed by atoms with Gasteiger partial charge in [-0.2, -0.15) is 5.10 Å². The number of benzene rings is 1. The summed E-state index contributed by atoms with van der Waals surface area (Å²) < 4.78 is 21.0. The minimum atomic E-state index is -1.00. The lowest BCUT2D eigenvalue weighted by Gasteiger charge is -2.19. The van der Waals surface area contributed by atoms with E-state index in [4.69, 9.17) is 38.8 Å². The lowest BCUT2D eigenvalue weighted by atomic mass is 10.1. The Morgan fingerprint density at radius 3 is 2.69 bits per heavy atom. The van der Waals surface area contributed by atoms with Crippen molar-refractivity contribution in [2.75, 3.05) is 5.73 Å². The van der Waals surface area contributed by atoms with Crippen LogP contribution in [0.25, 0.3) is 11.1 Å². The summed E-state index contributed by atoms with van der Waals surface area (Å²) in [6.07, 6.45) is 3.90. The van der Waals surface area contributed by atoms with Crippen LogP contribution in [0.4, 0.5) is 10.2 Å². The predicted molar refractivity (Wildman–Crippen MR) is 108 cm³/mol. The van der Waals surface area contributed by atoms with Gasteiger partial charge in [-0.3, -0.25) is 4.68 Å². The molecule has 0 aliphatic carbocycles. The van der Waals surface area contributed by atoms with Crippen molar-refractivity contribution in [3.8, 4) is 16.9 Å². The zero-order chi connectivity index (χ0) is 21.3. The number of hydrogen-bond donors (Lipinski definition) is 2. The van der Waals surface area contributed by atoms with Crippen LogP contribution < -0.4 is 10.5 Å². The summed E-state index contributed by atoms with van der Waals surface area (Å²) in [5.74, 6) is -1.25. The van der Waals surface area contributed by atoms with E-state index in [2.05, 4.69) is 10.1 Å². The van der Waals surface area contributed by atoms with Gasteiger partial charge in [-0.25, -0.2) is 14.2 Å². The molecule has 3 aromatic rings. The lowest BCUT2D eigenvalue weighted by Crippen LogP contribution is -2.15. The van der Waals surface area contributed by atoms with Crippen molar-refractivity contribution >= 4 is 35.0 Å². The van der Waals surface area contributed by atoms with E-state index in [1.54, 1.807) is 19.2 Å². The molecule has 3 rings (SSSR count). The topological polar surface area (TPSA) is 103 Å². The fourth-order valence-corrected chi connectivity index (χ4v) is 3.36. The molecule has 152 valence electrons. The molecule has 0 fully saturated rings. The van der Waals surface area contributed by atoms with Gasteiger partial charge < -0.3 is 15.6 Å². The molecule has 7 nitrogen and oxygen atoms in total. The molecule has 2 unspecified atom stereocenters. The maximum Gasteiger partial charge on any atom is 0.328 e. The first-order valence-electron chi connectivity index (χ1n) is 8.52. The molecule has 2 atom stereocenters. The molecule has 3 N–H and O–H groups in total. The van der Waals surface area contributed by atoms with Gasteiger partial charge in [-0.1, -0.05) is 23.2 Å². The van der Waals surface area contributed by atoms with E-state index in [9.17, 15) is 9.18 Å². The second-order valence-electron chi connectivity index (χ2n) is 6.35. The molecule has 0 aliphatic rings. The number of pyridine rings is 1. The maximum atomic E-state index is 13.8. The van der Waals surface area contributed by atoms with E-state index in [-0.39, 0.29) is 21.6 Å². The fourth-order valence-electron chi connectivity index (χ4n) is 2.68. The van der Waals surface area contributed by atoms with E-state index < -0.39 is 23.9 Å². The minimum Gasteiger partial charge on any atom is -0.482 e. The SMILES string of the molecule is CC(Oc1cc(-c2cnn(C(C)C(=O)O)c2)cnc1N)c1c(Cl)ccc(F)c1Cl. The van der Waals surface area contributed by atoms with E-state index >= 15 is 0 Å². The van der Waals surface area contributed by atoms with Crippen molar-refractivity contribution in [1.29, 1.82) is 0 Å². The molecular formula is C19H17Cl2FN4O3. The van der Waals surface area contributed by atoms with Gasteiger partial charge in [0.1, 0.15) is 18.0 Å². The molecule has 0 spiro atoms. The number of aromatic nitrogens is 3. The summed E-state index contributed by atoms with van der Waals surface area (Å²) in [4.78, 5) is 15.2. The zero-order valence-electron chi connectivity index (χ0n) is 15.4. The van der Waals surface area contributed by atoms with Crippen molar-refractivity contribution in [2.45, 2.75) is 26.0 Å². The van der Waals surface area contributed by atoms with Gasteiger partial charge in [0.15, 0.2) is 11.6 Å². The summed E-state index contributed by atoms with van der Waals surface area (Å²) in [6, 6.07) is 3.38. The third kappa shape index (κ3) is 4.28. The summed E-state index contributed by atoms with van der Waals surface area (Å²) in [6.45, 7) is 3.17. The number of carboxylic acid groups (broad SMARTS) is 1. The van der Waals surface area contributed by atoms with E-state index in [0.717, 1.165) is 0 Å². The molecular weight excluding hydrogens is 422 g/mol. The number of carbonyl (C=O) groups is 1. The van der Waals surface area contributed by atoms with Crippen LogP contribution in [0.2, 0.25) is 10.0 Å². The lowest BCUT2D eigenvalue weighted by molar-refractivity contribution is -0.140. The van der Waals surface area contributed by atoms with Crippen molar-refractivity contribution in [1.82, 2.24) is 14.8 Å².